The van der Waals surface area contributed by atoms with Gasteiger partial charge in [-0.05, 0) is 24.3 Å². The lowest BCUT2D eigenvalue weighted by molar-refractivity contribution is 0.386. The van der Waals surface area contributed by atoms with Crippen LogP contribution in [-0.2, 0) is 10.0 Å². The molecule has 0 aliphatic carbocycles. The quantitative estimate of drug-likeness (QED) is 0.765. The van der Waals surface area contributed by atoms with Crippen molar-refractivity contribution in [3.63, 3.8) is 0 Å². The van der Waals surface area contributed by atoms with Gasteiger partial charge < -0.3 is 9.47 Å². The highest BCUT2D eigenvalue weighted by molar-refractivity contribution is 7.93. The first-order valence-corrected chi connectivity index (χ1v) is 8.94. The summed E-state index contributed by atoms with van der Waals surface area (Å²) in [6.07, 6.45) is 0. The topological polar surface area (TPSA) is 77.5 Å². The first-order valence-electron chi connectivity index (χ1n) is 6.64. The third-order valence-corrected chi connectivity index (χ3v) is 5.64. The van der Waals surface area contributed by atoms with Gasteiger partial charge in [0.05, 0.1) is 24.4 Å². The van der Waals surface area contributed by atoms with Gasteiger partial charge >= 0.3 is 0 Å². The number of benzene rings is 2. The summed E-state index contributed by atoms with van der Waals surface area (Å²) < 4.78 is 38.8. The van der Waals surface area contributed by atoms with E-state index >= 15 is 0 Å². The first-order chi connectivity index (χ1) is 11.0. The number of nitrogens with zero attached hydrogens (tertiary/aromatic N) is 1. The van der Waals surface area contributed by atoms with Crippen molar-refractivity contribution in [1.82, 2.24) is 4.98 Å². The van der Waals surface area contributed by atoms with E-state index in [0.717, 1.165) is 10.2 Å². The van der Waals surface area contributed by atoms with Crippen molar-refractivity contribution < 1.29 is 17.9 Å². The van der Waals surface area contributed by atoms with Crippen LogP contribution >= 0.6 is 11.3 Å². The molecule has 0 unspecified atom stereocenters. The van der Waals surface area contributed by atoms with E-state index in [1.807, 2.05) is 24.3 Å². The van der Waals surface area contributed by atoms with Gasteiger partial charge in [-0.2, -0.15) is 0 Å². The normalized spacial score (nSPS) is 11.4. The molecule has 0 amide bonds. The smallest absolute Gasteiger partial charge is 0.267 e. The summed E-state index contributed by atoms with van der Waals surface area (Å²) in [5, 5.41) is 0.309. The molecule has 0 saturated carbocycles. The zero-order valence-electron chi connectivity index (χ0n) is 12.4. The molecule has 0 fully saturated rings. The van der Waals surface area contributed by atoms with Crippen molar-refractivity contribution in [2.24, 2.45) is 0 Å². The Bertz CT molecular complexity index is 918. The molecule has 23 heavy (non-hydrogen) atoms. The number of sulfonamides is 1. The summed E-state index contributed by atoms with van der Waals surface area (Å²) in [5.41, 5.74) is 0.747. The van der Waals surface area contributed by atoms with Crippen molar-refractivity contribution in [3.05, 3.63) is 42.5 Å². The lowest BCUT2D eigenvalue weighted by Crippen LogP contribution is -2.14. The first kappa shape index (κ1) is 15.6. The minimum atomic E-state index is -3.81. The number of aromatic nitrogens is 1. The zero-order valence-corrected chi connectivity index (χ0v) is 14.1. The van der Waals surface area contributed by atoms with Crippen LogP contribution in [-0.4, -0.2) is 27.6 Å². The van der Waals surface area contributed by atoms with E-state index in [2.05, 4.69) is 9.71 Å². The molecule has 0 bridgehead atoms. The Labute approximate surface area is 137 Å². The predicted molar refractivity (Wildman–Crippen MR) is 90.0 cm³/mol. The molecule has 120 valence electrons. The van der Waals surface area contributed by atoms with E-state index in [1.54, 1.807) is 6.07 Å². The van der Waals surface area contributed by atoms with Crippen LogP contribution in [0.4, 0.5) is 5.13 Å². The SMILES string of the molecule is COc1ccc(S(=O)(=O)Nc2nc3ccccc3s2)c(OC)c1. The lowest BCUT2D eigenvalue weighted by Gasteiger charge is -2.11. The molecule has 0 saturated heterocycles. The van der Waals surface area contributed by atoms with E-state index < -0.39 is 10.0 Å². The number of hydrogen-bond donors (Lipinski definition) is 1. The van der Waals surface area contributed by atoms with Gasteiger partial charge in [-0.15, -0.1) is 0 Å². The van der Waals surface area contributed by atoms with Crippen molar-refractivity contribution >= 4 is 36.7 Å². The summed E-state index contributed by atoms with van der Waals surface area (Å²) >= 11 is 1.27. The molecular formula is C15H14N2O4S2. The maximum absolute atomic E-state index is 12.6. The van der Waals surface area contributed by atoms with Crippen LogP contribution in [0.1, 0.15) is 0 Å². The van der Waals surface area contributed by atoms with Gasteiger partial charge in [-0.25, -0.2) is 13.4 Å². The largest absolute Gasteiger partial charge is 0.497 e. The summed E-state index contributed by atoms with van der Waals surface area (Å²) in [4.78, 5) is 4.30. The molecule has 8 heteroatoms. The van der Waals surface area contributed by atoms with Crippen molar-refractivity contribution in [2.75, 3.05) is 18.9 Å². The average molecular weight is 350 g/mol. The minimum Gasteiger partial charge on any atom is -0.497 e. The van der Waals surface area contributed by atoms with Gasteiger partial charge in [0.15, 0.2) is 5.13 Å². The Balaban J connectivity index is 1.98. The van der Waals surface area contributed by atoms with E-state index in [4.69, 9.17) is 9.47 Å². The molecule has 2 aromatic carbocycles. The summed E-state index contributed by atoms with van der Waals surface area (Å²) in [6, 6.07) is 12.0. The Kier molecular flexibility index (Phi) is 4.10. The van der Waals surface area contributed by atoms with Crippen LogP contribution in [0.3, 0.4) is 0 Å². The van der Waals surface area contributed by atoms with E-state index in [9.17, 15) is 8.42 Å². The average Bonchev–Trinajstić information content (AvgIpc) is 2.95. The number of nitrogens with one attached hydrogen (secondary N) is 1. The molecule has 0 atom stereocenters. The second-order valence-electron chi connectivity index (χ2n) is 4.61. The molecule has 0 radical (unpaired) electrons. The fourth-order valence-corrected chi connectivity index (χ4v) is 4.34. The lowest BCUT2D eigenvalue weighted by atomic mass is 10.3. The summed E-state index contributed by atoms with van der Waals surface area (Å²) in [7, 11) is -0.901. The minimum absolute atomic E-state index is 0.0278. The van der Waals surface area contributed by atoms with E-state index in [-0.39, 0.29) is 10.6 Å². The molecule has 0 aliphatic heterocycles. The summed E-state index contributed by atoms with van der Waals surface area (Å²) in [5.74, 6) is 0.721. The van der Waals surface area contributed by atoms with Crippen LogP contribution in [0.2, 0.25) is 0 Å². The van der Waals surface area contributed by atoms with Crippen molar-refractivity contribution in [3.8, 4) is 11.5 Å². The highest BCUT2D eigenvalue weighted by Gasteiger charge is 2.21. The van der Waals surface area contributed by atoms with Gasteiger partial charge in [0, 0.05) is 6.07 Å². The number of ether oxygens (including phenoxy) is 2. The predicted octanol–water partition coefficient (Wildman–Crippen LogP) is 3.11. The van der Waals surface area contributed by atoms with Crippen molar-refractivity contribution in [2.45, 2.75) is 4.90 Å². The standard InChI is InChI=1S/C15H14N2O4S2/c1-20-10-7-8-14(12(9-10)21-2)23(18,19)17-15-16-11-5-3-4-6-13(11)22-15/h3-9H,1-2H3,(H,16,17). The molecule has 6 nitrogen and oxygen atoms in total. The van der Waals surface area contributed by atoms with Crippen LogP contribution in [0.15, 0.2) is 47.4 Å². The Hall–Kier alpha value is -2.32. The highest BCUT2D eigenvalue weighted by Crippen LogP contribution is 2.32. The number of thiazole rings is 1. The molecule has 1 heterocycles. The Morgan fingerprint density at radius 3 is 2.57 bits per heavy atom. The molecular weight excluding hydrogens is 336 g/mol. The Morgan fingerprint density at radius 2 is 1.87 bits per heavy atom. The second-order valence-corrected chi connectivity index (χ2v) is 7.29. The molecule has 0 spiro atoms. The molecule has 0 aliphatic rings. The second kappa shape index (κ2) is 6.05. The molecule has 1 aromatic heterocycles. The summed E-state index contributed by atoms with van der Waals surface area (Å²) in [6.45, 7) is 0. The van der Waals surface area contributed by atoms with E-state index in [0.29, 0.717) is 10.9 Å². The fourth-order valence-electron chi connectivity index (χ4n) is 2.08. The number of anilines is 1. The molecule has 1 N–H and O–H groups in total. The van der Waals surface area contributed by atoms with Crippen LogP contribution in [0, 0.1) is 0 Å². The highest BCUT2D eigenvalue weighted by atomic mass is 32.2. The van der Waals surface area contributed by atoms with Gasteiger partial charge in [0.2, 0.25) is 0 Å². The Morgan fingerprint density at radius 1 is 1.09 bits per heavy atom. The maximum atomic E-state index is 12.6. The van der Waals surface area contributed by atoms with Gasteiger partial charge in [-0.1, -0.05) is 23.5 Å². The van der Waals surface area contributed by atoms with Gasteiger partial charge in [0.25, 0.3) is 10.0 Å². The van der Waals surface area contributed by atoms with Crippen molar-refractivity contribution in [1.29, 1.82) is 0 Å². The number of para-hydroxylation sites is 1. The van der Waals surface area contributed by atoms with Crippen LogP contribution in [0.25, 0.3) is 10.2 Å². The third kappa shape index (κ3) is 3.08. The number of fused-ring (bicyclic) bond motifs is 1. The monoisotopic (exact) mass is 350 g/mol. The third-order valence-electron chi connectivity index (χ3n) is 3.18. The van der Waals surface area contributed by atoms with E-state index in [1.165, 1.54) is 37.7 Å². The maximum Gasteiger partial charge on any atom is 0.267 e. The zero-order chi connectivity index (χ0) is 16.4. The number of rotatable bonds is 5. The van der Waals surface area contributed by atoms with Crippen LogP contribution < -0.4 is 14.2 Å². The number of hydrogen-bond acceptors (Lipinski definition) is 6. The molecule has 3 aromatic rings. The fraction of sp³-hybridized carbons (Fsp3) is 0.133. The number of methoxy groups -OCH3 is 2. The molecule has 3 rings (SSSR count). The van der Waals surface area contributed by atoms with Gasteiger partial charge in [0.1, 0.15) is 16.4 Å². The van der Waals surface area contributed by atoms with Gasteiger partial charge in [-0.3, -0.25) is 4.72 Å². The van der Waals surface area contributed by atoms with Crippen LogP contribution in [0.5, 0.6) is 11.5 Å².